The van der Waals surface area contributed by atoms with Crippen molar-refractivity contribution < 1.29 is 8.42 Å². The molecule has 0 aliphatic heterocycles. The molecule has 0 aliphatic carbocycles. The first-order valence-corrected chi connectivity index (χ1v) is 7.74. The van der Waals surface area contributed by atoms with Crippen LogP contribution < -0.4 is 0 Å². The van der Waals surface area contributed by atoms with Gasteiger partial charge in [-0.15, -0.1) is 11.3 Å². The van der Waals surface area contributed by atoms with E-state index in [0.717, 1.165) is 8.66 Å². The Morgan fingerprint density at radius 1 is 1.40 bits per heavy atom. The molecular weight excluding hydrogens is 298 g/mol. The zero-order chi connectivity index (χ0) is 11.6. The smallest absolute Gasteiger partial charge is 0.207 e. The Hall–Kier alpha value is 0.0900. The number of thiophene rings is 1. The van der Waals surface area contributed by atoms with Crippen LogP contribution in [0.1, 0.15) is 18.7 Å². The van der Waals surface area contributed by atoms with E-state index in [-0.39, 0.29) is 0 Å². The summed E-state index contributed by atoms with van der Waals surface area (Å²) >= 11 is 4.75. The molecule has 1 aromatic rings. The van der Waals surface area contributed by atoms with Gasteiger partial charge >= 0.3 is 0 Å². The van der Waals surface area contributed by atoms with Crippen LogP contribution in [0.25, 0.3) is 0 Å². The molecule has 0 saturated carbocycles. The number of hydrogen-bond donors (Lipinski definition) is 0. The van der Waals surface area contributed by atoms with E-state index < -0.39 is 10.0 Å². The summed E-state index contributed by atoms with van der Waals surface area (Å²) in [6, 6.07) is 1.67. The minimum absolute atomic E-state index is 0.420. The Balaban J connectivity index is 3.22. The van der Waals surface area contributed by atoms with E-state index >= 15 is 0 Å². The molecule has 15 heavy (non-hydrogen) atoms. The number of sulfonamides is 1. The van der Waals surface area contributed by atoms with Crippen LogP contribution in [0.3, 0.4) is 0 Å². The van der Waals surface area contributed by atoms with Gasteiger partial charge in [0.15, 0.2) is 0 Å². The summed E-state index contributed by atoms with van der Waals surface area (Å²) in [5.74, 6) is 0. The van der Waals surface area contributed by atoms with Crippen molar-refractivity contribution >= 4 is 37.3 Å². The molecular formula is C9H14BrNO2S2. The summed E-state index contributed by atoms with van der Waals surface area (Å²) in [6.45, 7) is 6.53. The van der Waals surface area contributed by atoms with Crippen molar-refractivity contribution in [1.29, 1.82) is 0 Å². The van der Waals surface area contributed by atoms with Gasteiger partial charge in [0.25, 0.3) is 0 Å². The molecule has 1 heterocycles. The molecule has 86 valence electrons. The average molecular weight is 312 g/mol. The molecule has 6 heteroatoms. The summed E-state index contributed by atoms with van der Waals surface area (Å²) in [4.78, 5) is 1.25. The lowest BCUT2D eigenvalue weighted by Crippen LogP contribution is -2.30. The van der Waals surface area contributed by atoms with Gasteiger partial charge in [0.1, 0.15) is 0 Å². The number of aryl methyl sites for hydroxylation is 1. The molecule has 0 aromatic carbocycles. The fourth-order valence-corrected chi connectivity index (χ4v) is 5.23. The molecule has 0 N–H and O–H groups in total. The van der Waals surface area contributed by atoms with E-state index in [4.69, 9.17) is 0 Å². The fraction of sp³-hybridized carbons (Fsp3) is 0.556. The maximum Gasteiger partial charge on any atom is 0.244 e. The highest BCUT2D eigenvalue weighted by molar-refractivity contribution is 9.11. The Morgan fingerprint density at radius 2 is 1.93 bits per heavy atom. The molecule has 1 aromatic heterocycles. The Bertz CT molecular complexity index is 435. The van der Waals surface area contributed by atoms with Crippen molar-refractivity contribution in [2.24, 2.45) is 0 Å². The summed E-state index contributed by atoms with van der Waals surface area (Å²) in [7, 11) is -3.30. The first kappa shape index (κ1) is 13.2. The van der Waals surface area contributed by atoms with Gasteiger partial charge in [0.2, 0.25) is 10.0 Å². The van der Waals surface area contributed by atoms with E-state index in [0.29, 0.717) is 18.0 Å². The summed E-state index contributed by atoms with van der Waals surface area (Å²) in [5, 5.41) is 0. The quantitative estimate of drug-likeness (QED) is 0.857. The third-order valence-electron chi connectivity index (χ3n) is 2.17. The van der Waals surface area contributed by atoms with Crippen LogP contribution in [-0.4, -0.2) is 25.8 Å². The van der Waals surface area contributed by atoms with Gasteiger partial charge in [-0.3, -0.25) is 0 Å². The second-order valence-electron chi connectivity index (χ2n) is 3.06. The lowest BCUT2D eigenvalue weighted by molar-refractivity contribution is 0.445. The SMILES string of the molecule is CCN(CC)S(=O)(=O)c1cc(Br)sc1C. The van der Waals surface area contributed by atoms with Crippen LogP contribution >= 0.6 is 27.3 Å². The topological polar surface area (TPSA) is 37.4 Å². The van der Waals surface area contributed by atoms with E-state index in [1.807, 2.05) is 20.8 Å². The maximum atomic E-state index is 12.1. The molecule has 0 bridgehead atoms. The van der Waals surface area contributed by atoms with Crippen molar-refractivity contribution in [3.05, 3.63) is 14.7 Å². The third kappa shape index (κ3) is 2.61. The van der Waals surface area contributed by atoms with Crippen LogP contribution in [0.2, 0.25) is 0 Å². The lowest BCUT2D eigenvalue weighted by Gasteiger charge is -2.17. The average Bonchev–Trinajstić information content (AvgIpc) is 2.47. The van der Waals surface area contributed by atoms with E-state index in [9.17, 15) is 8.42 Å². The van der Waals surface area contributed by atoms with Crippen LogP contribution in [0, 0.1) is 6.92 Å². The van der Waals surface area contributed by atoms with Gasteiger partial charge in [0.05, 0.1) is 8.68 Å². The number of rotatable bonds is 4. The molecule has 3 nitrogen and oxygen atoms in total. The standard InChI is InChI=1S/C9H14BrNO2S2/c1-4-11(5-2)15(12,13)8-6-9(10)14-7(8)3/h6H,4-5H2,1-3H3. The minimum atomic E-state index is -3.30. The molecule has 0 atom stereocenters. The van der Waals surface area contributed by atoms with Crippen molar-refractivity contribution in [3.63, 3.8) is 0 Å². The highest BCUT2D eigenvalue weighted by atomic mass is 79.9. The molecule has 0 amide bonds. The Labute approximate surface area is 103 Å². The van der Waals surface area contributed by atoms with Crippen molar-refractivity contribution in [2.75, 3.05) is 13.1 Å². The predicted octanol–water partition coefficient (Wildman–Crippen LogP) is 2.85. The number of hydrogen-bond acceptors (Lipinski definition) is 3. The summed E-state index contributed by atoms with van der Waals surface area (Å²) in [5.41, 5.74) is 0. The Kier molecular flexibility index (Phi) is 4.34. The van der Waals surface area contributed by atoms with Crippen LogP contribution in [0.5, 0.6) is 0 Å². The lowest BCUT2D eigenvalue weighted by atomic mass is 10.5. The van der Waals surface area contributed by atoms with E-state index in [1.165, 1.54) is 15.6 Å². The highest BCUT2D eigenvalue weighted by Gasteiger charge is 2.24. The maximum absolute atomic E-state index is 12.1. The molecule has 0 saturated heterocycles. The van der Waals surface area contributed by atoms with Crippen molar-refractivity contribution in [3.8, 4) is 0 Å². The number of nitrogens with zero attached hydrogens (tertiary/aromatic N) is 1. The zero-order valence-corrected chi connectivity index (χ0v) is 12.2. The first-order valence-electron chi connectivity index (χ1n) is 4.69. The molecule has 0 spiro atoms. The predicted molar refractivity (Wildman–Crippen MR) is 66.9 cm³/mol. The summed E-state index contributed by atoms with van der Waals surface area (Å²) < 4.78 is 26.6. The number of halogens is 1. The van der Waals surface area contributed by atoms with Gasteiger partial charge in [-0.2, -0.15) is 4.31 Å². The van der Waals surface area contributed by atoms with Crippen molar-refractivity contribution in [1.82, 2.24) is 4.31 Å². The minimum Gasteiger partial charge on any atom is -0.207 e. The third-order valence-corrected chi connectivity index (χ3v) is 6.02. The summed E-state index contributed by atoms with van der Waals surface area (Å²) in [6.07, 6.45) is 0. The monoisotopic (exact) mass is 311 g/mol. The van der Waals surface area contributed by atoms with Gasteiger partial charge in [-0.05, 0) is 28.9 Å². The van der Waals surface area contributed by atoms with Gasteiger partial charge < -0.3 is 0 Å². The second-order valence-corrected chi connectivity index (χ2v) is 7.60. The van der Waals surface area contributed by atoms with E-state index in [1.54, 1.807) is 6.07 Å². The van der Waals surface area contributed by atoms with E-state index in [2.05, 4.69) is 15.9 Å². The highest BCUT2D eigenvalue weighted by Crippen LogP contribution is 2.31. The van der Waals surface area contributed by atoms with Gasteiger partial charge in [0, 0.05) is 18.0 Å². The fourth-order valence-electron chi connectivity index (χ4n) is 1.39. The molecule has 0 unspecified atom stereocenters. The van der Waals surface area contributed by atoms with Crippen molar-refractivity contribution in [2.45, 2.75) is 25.7 Å². The van der Waals surface area contributed by atoms with Gasteiger partial charge in [-0.1, -0.05) is 13.8 Å². The molecule has 0 radical (unpaired) electrons. The molecule has 0 aliphatic rings. The normalized spacial score (nSPS) is 12.3. The molecule has 0 fully saturated rings. The second kappa shape index (κ2) is 4.95. The largest absolute Gasteiger partial charge is 0.244 e. The molecule has 1 rings (SSSR count). The zero-order valence-electron chi connectivity index (χ0n) is 8.95. The van der Waals surface area contributed by atoms with Gasteiger partial charge in [-0.25, -0.2) is 8.42 Å². The first-order chi connectivity index (χ1) is 6.93. The Morgan fingerprint density at radius 3 is 2.27 bits per heavy atom. The van der Waals surface area contributed by atoms with Crippen LogP contribution in [0.15, 0.2) is 14.7 Å². The van der Waals surface area contributed by atoms with Crippen LogP contribution in [0.4, 0.5) is 0 Å². The van der Waals surface area contributed by atoms with Crippen LogP contribution in [-0.2, 0) is 10.0 Å².